The van der Waals surface area contributed by atoms with Crippen LogP contribution >= 0.6 is 0 Å². The lowest BCUT2D eigenvalue weighted by molar-refractivity contribution is 0.399. The summed E-state index contributed by atoms with van der Waals surface area (Å²) in [5, 5.41) is 0. The fourth-order valence-electron chi connectivity index (χ4n) is 4.76. The zero-order chi connectivity index (χ0) is 20.5. The van der Waals surface area contributed by atoms with Crippen LogP contribution in [0.1, 0.15) is 35.6 Å². The van der Waals surface area contributed by atoms with Crippen molar-refractivity contribution in [2.75, 3.05) is 28.4 Å². The second-order valence-corrected chi connectivity index (χ2v) is 7.48. The molecule has 4 rings (SSSR count). The van der Waals surface area contributed by atoms with Gasteiger partial charge in [-0.2, -0.15) is 0 Å². The fraction of sp³-hybridized carbons (Fsp3) is 0.360. The Morgan fingerprint density at radius 1 is 0.655 bits per heavy atom. The summed E-state index contributed by atoms with van der Waals surface area (Å²) >= 11 is 0. The lowest BCUT2D eigenvalue weighted by Gasteiger charge is -2.19. The molecule has 0 N–H and O–H groups in total. The van der Waals surface area contributed by atoms with Crippen LogP contribution in [0.2, 0.25) is 0 Å². The number of allylic oxidation sites excluding steroid dienone is 2. The summed E-state index contributed by atoms with van der Waals surface area (Å²) in [6.07, 6.45) is 7.40. The Balaban J connectivity index is 1.71. The second kappa shape index (κ2) is 7.86. The molecule has 29 heavy (non-hydrogen) atoms. The van der Waals surface area contributed by atoms with E-state index in [4.69, 9.17) is 18.9 Å². The minimum Gasteiger partial charge on any atom is -0.496 e. The van der Waals surface area contributed by atoms with E-state index < -0.39 is 0 Å². The molecular weight excluding hydrogens is 364 g/mol. The third-order valence-electron chi connectivity index (χ3n) is 6.15. The van der Waals surface area contributed by atoms with Gasteiger partial charge in [0.1, 0.15) is 23.0 Å². The van der Waals surface area contributed by atoms with Crippen molar-refractivity contribution in [3.05, 3.63) is 57.7 Å². The fourth-order valence-corrected chi connectivity index (χ4v) is 4.76. The molecule has 0 fully saturated rings. The zero-order valence-corrected chi connectivity index (χ0v) is 17.8. The lowest BCUT2D eigenvalue weighted by atomic mass is 9.86. The summed E-state index contributed by atoms with van der Waals surface area (Å²) in [4.78, 5) is 0. The highest BCUT2D eigenvalue weighted by Gasteiger charge is 2.30. The van der Waals surface area contributed by atoms with Gasteiger partial charge in [0.05, 0.1) is 28.4 Å². The van der Waals surface area contributed by atoms with Crippen LogP contribution in [0.15, 0.2) is 35.4 Å². The van der Waals surface area contributed by atoms with E-state index in [2.05, 4.69) is 19.1 Å². The minimum absolute atomic E-state index is 0.360. The first-order chi connectivity index (χ1) is 14.1. The average Bonchev–Trinajstić information content (AvgIpc) is 3.38. The van der Waals surface area contributed by atoms with Crippen LogP contribution in [-0.2, 0) is 12.8 Å². The number of benzene rings is 2. The van der Waals surface area contributed by atoms with Crippen molar-refractivity contribution >= 4 is 12.2 Å². The van der Waals surface area contributed by atoms with E-state index in [-0.39, 0.29) is 0 Å². The molecule has 0 saturated carbocycles. The zero-order valence-electron chi connectivity index (χ0n) is 17.8. The van der Waals surface area contributed by atoms with Crippen LogP contribution in [0.4, 0.5) is 0 Å². The van der Waals surface area contributed by atoms with Crippen molar-refractivity contribution in [2.45, 2.75) is 26.2 Å². The molecule has 0 bridgehead atoms. The van der Waals surface area contributed by atoms with Crippen LogP contribution in [0.3, 0.4) is 0 Å². The third kappa shape index (κ3) is 3.17. The Morgan fingerprint density at radius 2 is 1.03 bits per heavy atom. The van der Waals surface area contributed by atoms with Crippen LogP contribution in [-0.4, -0.2) is 28.4 Å². The molecule has 0 unspecified atom stereocenters. The standard InChI is InChI=1S/C25H28O4/c1-6-17(15-11-18-19(12-15)23(27-3)8-7-22(18)26-2)16-13-20-21(14-16)25(29-5)10-9-24(20)28-4/h7-11,13,17H,6,12,14H2,1-5H3. The molecular formula is C25H28O4. The molecule has 0 aromatic heterocycles. The smallest absolute Gasteiger partial charge is 0.126 e. The van der Waals surface area contributed by atoms with Crippen LogP contribution < -0.4 is 18.9 Å². The quantitative estimate of drug-likeness (QED) is 0.638. The minimum atomic E-state index is 0.360. The first-order valence-corrected chi connectivity index (χ1v) is 10.0. The SMILES string of the molecule is CCC(C1=Cc2c(OC)ccc(OC)c2C1)C1=Cc2c(OC)ccc(OC)c2C1. The predicted molar refractivity (Wildman–Crippen MR) is 116 cm³/mol. The molecule has 0 amide bonds. The van der Waals surface area contributed by atoms with Gasteiger partial charge in [-0.1, -0.05) is 30.2 Å². The number of hydrogen-bond donors (Lipinski definition) is 0. The van der Waals surface area contributed by atoms with E-state index >= 15 is 0 Å². The Labute approximate surface area is 172 Å². The van der Waals surface area contributed by atoms with Gasteiger partial charge in [-0.3, -0.25) is 0 Å². The maximum atomic E-state index is 5.62. The van der Waals surface area contributed by atoms with Gasteiger partial charge in [-0.05, 0) is 43.5 Å². The van der Waals surface area contributed by atoms with Gasteiger partial charge >= 0.3 is 0 Å². The third-order valence-corrected chi connectivity index (χ3v) is 6.15. The topological polar surface area (TPSA) is 36.9 Å². The number of methoxy groups -OCH3 is 4. The number of ether oxygens (including phenoxy) is 4. The molecule has 2 aromatic rings. The normalized spacial score (nSPS) is 14.3. The van der Waals surface area contributed by atoms with Crippen molar-refractivity contribution < 1.29 is 18.9 Å². The van der Waals surface area contributed by atoms with E-state index in [0.717, 1.165) is 53.4 Å². The van der Waals surface area contributed by atoms with Crippen molar-refractivity contribution in [1.82, 2.24) is 0 Å². The van der Waals surface area contributed by atoms with Gasteiger partial charge in [0, 0.05) is 28.2 Å². The highest BCUT2D eigenvalue weighted by Crippen LogP contribution is 2.46. The first kappa shape index (κ1) is 19.4. The molecule has 4 nitrogen and oxygen atoms in total. The second-order valence-electron chi connectivity index (χ2n) is 7.48. The van der Waals surface area contributed by atoms with Gasteiger partial charge in [-0.15, -0.1) is 0 Å². The van der Waals surface area contributed by atoms with Gasteiger partial charge in [0.25, 0.3) is 0 Å². The first-order valence-electron chi connectivity index (χ1n) is 10.0. The summed E-state index contributed by atoms with van der Waals surface area (Å²) in [6, 6.07) is 7.96. The molecule has 0 heterocycles. The van der Waals surface area contributed by atoms with Gasteiger partial charge in [0.2, 0.25) is 0 Å². The monoisotopic (exact) mass is 392 g/mol. The highest BCUT2D eigenvalue weighted by atomic mass is 16.5. The van der Waals surface area contributed by atoms with Crippen molar-refractivity contribution in [2.24, 2.45) is 5.92 Å². The Kier molecular flexibility index (Phi) is 5.27. The molecule has 0 radical (unpaired) electrons. The molecule has 0 saturated heterocycles. The van der Waals surface area contributed by atoms with Gasteiger partial charge < -0.3 is 18.9 Å². The van der Waals surface area contributed by atoms with Crippen molar-refractivity contribution in [3.8, 4) is 23.0 Å². The van der Waals surface area contributed by atoms with Gasteiger partial charge in [0.15, 0.2) is 0 Å². The van der Waals surface area contributed by atoms with Crippen molar-refractivity contribution in [1.29, 1.82) is 0 Å². The van der Waals surface area contributed by atoms with E-state index in [1.165, 1.54) is 22.3 Å². The van der Waals surface area contributed by atoms with Crippen molar-refractivity contribution in [3.63, 3.8) is 0 Å². The van der Waals surface area contributed by atoms with Gasteiger partial charge in [-0.25, -0.2) is 0 Å². The molecule has 2 aliphatic rings. The number of fused-ring (bicyclic) bond motifs is 2. The number of hydrogen-bond acceptors (Lipinski definition) is 4. The summed E-state index contributed by atoms with van der Waals surface area (Å²) in [5.74, 6) is 4.01. The summed E-state index contributed by atoms with van der Waals surface area (Å²) < 4.78 is 22.5. The van der Waals surface area contributed by atoms with E-state index in [1.54, 1.807) is 28.4 Å². The molecule has 0 spiro atoms. The molecule has 152 valence electrons. The van der Waals surface area contributed by atoms with Crippen LogP contribution in [0, 0.1) is 5.92 Å². The lowest BCUT2D eigenvalue weighted by Crippen LogP contribution is -2.08. The molecule has 2 aromatic carbocycles. The highest BCUT2D eigenvalue weighted by molar-refractivity contribution is 5.76. The van der Waals surface area contributed by atoms with E-state index in [0.29, 0.717) is 5.92 Å². The van der Waals surface area contributed by atoms with E-state index in [9.17, 15) is 0 Å². The maximum Gasteiger partial charge on any atom is 0.126 e. The Hall–Kier alpha value is -2.88. The summed E-state index contributed by atoms with van der Waals surface area (Å²) in [6.45, 7) is 2.25. The summed E-state index contributed by atoms with van der Waals surface area (Å²) in [7, 11) is 6.90. The maximum absolute atomic E-state index is 5.62. The molecule has 2 aliphatic carbocycles. The van der Waals surface area contributed by atoms with Crippen LogP contribution in [0.25, 0.3) is 12.2 Å². The predicted octanol–water partition coefficient (Wildman–Crippen LogP) is 5.33. The Bertz CT molecular complexity index is 921. The Morgan fingerprint density at radius 3 is 1.38 bits per heavy atom. The van der Waals surface area contributed by atoms with E-state index in [1.807, 2.05) is 24.3 Å². The largest absolute Gasteiger partial charge is 0.496 e. The number of rotatable bonds is 7. The average molecular weight is 392 g/mol. The summed E-state index contributed by atoms with van der Waals surface area (Å²) in [5.41, 5.74) is 7.53. The molecule has 0 atom stereocenters. The molecule has 0 aliphatic heterocycles. The van der Waals surface area contributed by atoms with Crippen LogP contribution in [0.5, 0.6) is 23.0 Å². The molecule has 4 heteroatoms.